The minimum absolute atomic E-state index is 0.252. The van der Waals surface area contributed by atoms with Crippen LogP contribution in [0.15, 0.2) is 12.1 Å². The van der Waals surface area contributed by atoms with Crippen molar-refractivity contribution >= 4 is 5.97 Å². The molecular weight excluding hydrogens is 298 g/mol. The molecule has 1 aromatic rings. The minimum atomic E-state index is -0.865. The van der Waals surface area contributed by atoms with Gasteiger partial charge in [0.05, 0.1) is 20.3 Å². The Kier molecular flexibility index (Phi) is 5.49. The van der Waals surface area contributed by atoms with Crippen LogP contribution in [0.5, 0.6) is 11.5 Å². The van der Waals surface area contributed by atoms with Crippen molar-refractivity contribution in [2.75, 3.05) is 20.8 Å². The Morgan fingerprint density at radius 1 is 1.30 bits per heavy atom. The molecule has 1 heterocycles. The second kappa shape index (κ2) is 7.19. The summed E-state index contributed by atoms with van der Waals surface area (Å²) >= 11 is 0. The van der Waals surface area contributed by atoms with Crippen LogP contribution in [-0.4, -0.2) is 47.9 Å². The highest BCUT2D eigenvalue weighted by molar-refractivity contribution is 5.73. The van der Waals surface area contributed by atoms with Gasteiger partial charge in [-0.2, -0.15) is 0 Å². The van der Waals surface area contributed by atoms with E-state index in [1.807, 2.05) is 13.8 Å². The number of carbonyl (C=O) groups is 1. The molecule has 2 N–H and O–H groups in total. The lowest BCUT2D eigenvalue weighted by molar-refractivity contribution is -0.145. The van der Waals surface area contributed by atoms with E-state index >= 15 is 0 Å². The number of hydrogen-bond donors (Lipinski definition) is 2. The van der Waals surface area contributed by atoms with Crippen LogP contribution in [0.2, 0.25) is 0 Å². The fraction of sp³-hybridized carbons (Fsp3) is 0.588. The standard InChI is InChI=1S/C17H25NO5/c1-10(2)7-12(17(20)21)18-8-11-14(22-3)5-6-15(23-4)16(11)13(19)9-18/h5-6,10,12-13,19H,7-9H2,1-4H3,(H,20,21). The molecule has 0 saturated carbocycles. The van der Waals surface area contributed by atoms with Crippen LogP contribution in [0.25, 0.3) is 0 Å². The zero-order chi connectivity index (χ0) is 17.1. The molecule has 0 fully saturated rings. The molecular formula is C17H25NO5. The number of methoxy groups -OCH3 is 2. The molecule has 2 unspecified atom stereocenters. The van der Waals surface area contributed by atoms with Gasteiger partial charge in [0.25, 0.3) is 0 Å². The van der Waals surface area contributed by atoms with Gasteiger partial charge in [0.15, 0.2) is 0 Å². The van der Waals surface area contributed by atoms with E-state index in [-0.39, 0.29) is 12.5 Å². The van der Waals surface area contributed by atoms with Crippen molar-refractivity contribution in [1.29, 1.82) is 0 Å². The molecule has 0 radical (unpaired) electrons. The molecule has 6 nitrogen and oxygen atoms in total. The number of nitrogens with zero attached hydrogens (tertiary/aromatic N) is 1. The SMILES string of the molecule is COc1ccc(OC)c2c1CN(C(CC(C)C)C(=O)O)CC2O. The molecule has 0 bridgehead atoms. The second-order valence-corrected chi connectivity index (χ2v) is 6.29. The molecule has 0 amide bonds. The number of carboxylic acids is 1. The average molecular weight is 323 g/mol. The Hall–Kier alpha value is -1.79. The lowest BCUT2D eigenvalue weighted by atomic mass is 9.92. The zero-order valence-corrected chi connectivity index (χ0v) is 14.1. The van der Waals surface area contributed by atoms with E-state index in [0.29, 0.717) is 30.0 Å². The van der Waals surface area contributed by atoms with Crippen molar-refractivity contribution in [3.8, 4) is 11.5 Å². The topological polar surface area (TPSA) is 79.2 Å². The number of β-amino-alcohol motifs (C(OH)–C–C–N with tert-alkyl or cyclic N) is 1. The van der Waals surface area contributed by atoms with Gasteiger partial charge in [-0.3, -0.25) is 9.69 Å². The van der Waals surface area contributed by atoms with Crippen molar-refractivity contribution < 1.29 is 24.5 Å². The number of aliphatic carboxylic acids is 1. The second-order valence-electron chi connectivity index (χ2n) is 6.29. The predicted molar refractivity (Wildman–Crippen MR) is 85.8 cm³/mol. The Morgan fingerprint density at radius 3 is 2.43 bits per heavy atom. The summed E-state index contributed by atoms with van der Waals surface area (Å²) in [6.45, 7) is 4.67. The van der Waals surface area contributed by atoms with E-state index in [0.717, 1.165) is 5.56 Å². The molecule has 128 valence electrons. The third-order valence-corrected chi connectivity index (χ3v) is 4.24. The van der Waals surface area contributed by atoms with Gasteiger partial charge < -0.3 is 19.7 Å². The van der Waals surface area contributed by atoms with E-state index in [1.54, 1.807) is 31.3 Å². The van der Waals surface area contributed by atoms with E-state index < -0.39 is 18.1 Å². The molecule has 1 aliphatic heterocycles. The Balaban J connectivity index is 2.40. The monoisotopic (exact) mass is 323 g/mol. The lowest BCUT2D eigenvalue weighted by Gasteiger charge is -2.37. The Labute approximate surface area is 136 Å². The number of fused-ring (bicyclic) bond motifs is 1. The number of hydrogen-bond acceptors (Lipinski definition) is 5. The maximum atomic E-state index is 11.7. The molecule has 23 heavy (non-hydrogen) atoms. The zero-order valence-electron chi connectivity index (χ0n) is 14.1. The van der Waals surface area contributed by atoms with Crippen LogP contribution < -0.4 is 9.47 Å². The maximum absolute atomic E-state index is 11.7. The van der Waals surface area contributed by atoms with Crippen molar-refractivity contribution in [1.82, 2.24) is 4.90 Å². The van der Waals surface area contributed by atoms with Crippen molar-refractivity contribution in [2.24, 2.45) is 5.92 Å². The molecule has 0 aliphatic carbocycles. The van der Waals surface area contributed by atoms with E-state index in [4.69, 9.17) is 9.47 Å². The summed E-state index contributed by atoms with van der Waals surface area (Å²) in [4.78, 5) is 13.5. The molecule has 6 heteroatoms. The van der Waals surface area contributed by atoms with Crippen LogP contribution in [0, 0.1) is 5.92 Å². The summed E-state index contributed by atoms with van der Waals surface area (Å²) in [5.74, 6) is 0.625. The number of aliphatic hydroxyl groups is 1. The summed E-state index contributed by atoms with van der Waals surface area (Å²) in [6.07, 6.45) is -0.276. The molecule has 0 spiro atoms. The minimum Gasteiger partial charge on any atom is -0.496 e. The van der Waals surface area contributed by atoms with Gasteiger partial charge in [-0.25, -0.2) is 0 Å². The smallest absolute Gasteiger partial charge is 0.320 e. The first-order chi connectivity index (χ1) is 10.9. The highest BCUT2D eigenvalue weighted by atomic mass is 16.5. The van der Waals surface area contributed by atoms with Crippen molar-refractivity contribution in [3.63, 3.8) is 0 Å². The molecule has 2 rings (SSSR count). The molecule has 0 saturated heterocycles. The number of carboxylic acid groups (broad SMARTS) is 1. The lowest BCUT2D eigenvalue weighted by Crippen LogP contribution is -2.46. The number of aliphatic hydroxyl groups excluding tert-OH is 1. The number of ether oxygens (including phenoxy) is 2. The number of benzene rings is 1. The Morgan fingerprint density at radius 2 is 1.91 bits per heavy atom. The van der Waals surface area contributed by atoms with E-state index in [1.165, 1.54) is 0 Å². The first-order valence-corrected chi connectivity index (χ1v) is 7.77. The molecule has 0 aromatic heterocycles. The van der Waals surface area contributed by atoms with Gasteiger partial charge in [-0.1, -0.05) is 13.8 Å². The predicted octanol–water partition coefficient (Wildman–Crippen LogP) is 2.05. The summed E-state index contributed by atoms with van der Waals surface area (Å²) < 4.78 is 10.7. The van der Waals surface area contributed by atoms with E-state index in [9.17, 15) is 15.0 Å². The third-order valence-electron chi connectivity index (χ3n) is 4.24. The van der Waals surface area contributed by atoms with Gasteiger partial charge in [0.2, 0.25) is 0 Å². The molecule has 1 aromatic carbocycles. The fourth-order valence-electron chi connectivity index (χ4n) is 3.19. The highest BCUT2D eigenvalue weighted by Gasteiger charge is 2.35. The van der Waals surface area contributed by atoms with Crippen LogP contribution >= 0.6 is 0 Å². The van der Waals surface area contributed by atoms with Gasteiger partial charge in [-0.05, 0) is 24.5 Å². The van der Waals surface area contributed by atoms with Gasteiger partial charge in [-0.15, -0.1) is 0 Å². The van der Waals surface area contributed by atoms with E-state index in [2.05, 4.69) is 0 Å². The van der Waals surface area contributed by atoms with Gasteiger partial charge >= 0.3 is 5.97 Å². The first kappa shape index (κ1) is 17.6. The van der Waals surface area contributed by atoms with Crippen LogP contribution in [0.3, 0.4) is 0 Å². The molecule has 1 aliphatic rings. The molecule has 2 atom stereocenters. The fourth-order valence-corrected chi connectivity index (χ4v) is 3.19. The van der Waals surface area contributed by atoms with Crippen molar-refractivity contribution in [3.05, 3.63) is 23.3 Å². The van der Waals surface area contributed by atoms with Gasteiger partial charge in [0, 0.05) is 24.2 Å². The van der Waals surface area contributed by atoms with Crippen LogP contribution in [0.4, 0.5) is 0 Å². The highest BCUT2D eigenvalue weighted by Crippen LogP contribution is 2.40. The van der Waals surface area contributed by atoms with Crippen LogP contribution in [-0.2, 0) is 11.3 Å². The van der Waals surface area contributed by atoms with Crippen LogP contribution in [0.1, 0.15) is 37.5 Å². The normalized spacial score (nSPS) is 19.3. The average Bonchev–Trinajstić information content (AvgIpc) is 2.50. The first-order valence-electron chi connectivity index (χ1n) is 7.77. The summed E-state index contributed by atoms with van der Waals surface area (Å²) in [5, 5.41) is 20.1. The largest absolute Gasteiger partial charge is 0.496 e. The maximum Gasteiger partial charge on any atom is 0.320 e. The summed E-state index contributed by atoms with van der Waals surface area (Å²) in [6, 6.07) is 2.92. The third kappa shape index (κ3) is 3.59. The summed E-state index contributed by atoms with van der Waals surface area (Å²) in [7, 11) is 3.12. The quantitative estimate of drug-likeness (QED) is 0.834. The Bertz CT molecular complexity index is 572. The summed E-state index contributed by atoms with van der Waals surface area (Å²) in [5.41, 5.74) is 1.48. The van der Waals surface area contributed by atoms with Crippen molar-refractivity contribution in [2.45, 2.75) is 39.0 Å². The van der Waals surface area contributed by atoms with Gasteiger partial charge in [0.1, 0.15) is 17.5 Å². The number of rotatable bonds is 6.